The molecular weight excluding hydrogens is 272 g/mol. The first-order valence-corrected chi connectivity index (χ1v) is 6.71. The van der Waals surface area contributed by atoms with Gasteiger partial charge in [-0.3, -0.25) is 4.79 Å². The molecule has 8 nitrogen and oxygen atoms in total. The first-order valence-electron chi connectivity index (χ1n) is 6.71. The number of carbonyl (C=O) groups excluding carboxylic acids is 1. The highest BCUT2D eigenvalue weighted by molar-refractivity contribution is 5.91. The SMILES string of the molecule is CCNc1cc(NCCNC(=O)c2ccno2)nc(C)n1. The van der Waals surface area contributed by atoms with Gasteiger partial charge in [-0.05, 0) is 13.8 Å². The van der Waals surface area contributed by atoms with Crippen molar-refractivity contribution in [2.45, 2.75) is 13.8 Å². The quantitative estimate of drug-likeness (QED) is 0.654. The number of nitrogens with zero attached hydrogens (tertiary/aromatic N) is 3. The first kappa shape index (κ1) is 14.8. The van der Waals surface area contributed by atoms with Crippen LogP contribution < -0.4 is 16.0 Å². The molecule has 0 aromatic carbocycles. The Morgan fingerprint density at radius 3 is 2.67 bits per heavy atom. The average molecular weight is 290 g/mol. The van der Waals surface area contributed by atoms with Gasteiger partial charge in [-0.1, -0.05) is 5.16 Å². The number of hydrogen-bond donors (Lipinski definition) is 3. The molecular formula is C13H18N6O2. The smallest absolute Gasteiger partial charge is 0.289 e. The van der Waals surface area contributed by atoms with E-state index in [1.807, 2.05) is 19.9 Å². The van der Waals surface area contributed by atoms with Gasteiger partial charge in [0, 0.05) is 31.8 Å². The summed E-state index contributed by atoms with van der Waals surface area (Å²) >= 11 is 0. The lowest BCUT2D eigenvalue weighted by molar-refractivity contribution is 0.0918. The number of aromatic nitrogens is 3. The van der Waals surface area contributed by atoms with Gasteiger partial charge in [0.25, 0.3) is 5.91 Å². The minimum atomic E-state index is -0.290. The fourth-order valence-corrected chi connectivity index (χ4v) is 1.72. The van der Waals surface area contributed by atoms with E-state index in [4.69, 9.17) is 4.52 Å². The van der Waals surface area contributed by atoms with Gasteiger partial charge in [0.2, 0.25) is 5.76 Å². The van der Waals surface area contributed by atoms with Crippen molar-refractivity contribution in [3.05, 3.63) is 29.9 Å². The Labute approximate surface area is 122 Å². The molecule has 0 saturated carbocycles. The summed E-state index contributed by atoms with van der Waals surface area (Å²) in [5.41, 5.74) is 0. The molecule has 0 spiro atoms. The number of aryl methyl sites for hydroxylation is 1. The molecule has 2 aromatic rings. The maximum atomic E-state index is 11.6. The Morgan fingerprint density at radius 1 is 1.24 bits per heavy atom. The highest BCUT2D eigenvalue weighted by atomic mass is 16.5. The Bertz CT molecular complexity index is 584. The number of anilines is 2. The summed E-state index contributed by atoms with van der Waals surface area (Å²) in [7, 11) is 0. The van der Waals surface area contributed by atoms with Gasteiger partial charge in [0.05, 0.1) is 6.20 Å². The molecule has 0 aliphatic carbocycles. The fraction of sp³-hybridized carbons (Fsp3) is 0.385. The lowest BCUT2D eigenvalue weighted by Crippen LogP contribution is -2.28. The summed E-state index contributed by atoms with van der Waals surface area (Å²) in [4.78, 5) is 20.1. The number of hydrogen-bond acceptors (Lipinski definition) is 7. The Balaban J connectivity index is 1.79. The van der Waals surface area contributed by atoms with Gasteiger partial charge in [-0.15, -0.1) is 0 Å². The average Bonchev–Trinajstić information content (AvgIpc) is 2.97. The van der Waals surface area contributed by atoms with Crippen LogP contribution in [0.4, 0.5) is 11.6 Å². The Kier molecular flexibility index (Phi) is 5.08. The highest BCUT2D eigenvalue weighted by Crippen LogP contribution is 2.10. The predicted octanol–water partition coefficient (Wildman–Crippen LogP) is 1.05. The van der Waals surface area contributed by atoms with E-state index in [2.05, 4.69) is 31.1 Å². The second-order valence-corrected chi connectivity index (χ2v) is 4.28. The van der Waals surface area contributed by atoms with E-state index < -0.39 is 0 Å². The van der Waals surface area contributed by atoms with Crippen molar-refractivity contribution in [3.63, 3.8) is 0 Å². The van der Waals surface area contributed by atoms with Crippen molar-refractivity contribution in [1.82, 2.24) is 20.4 Å². The molecule has 0 saturated heterocycles. The second kappa shape index (κ2) is 7.22. The number of amides is 1. The van der Waals surface area contributed by atoms with E-state index in [-0.39, 0.29) is 11.7 Å². The molecule has 21 heavy (non-hydrogen) atoms. The van der Waals surface area contributed by atoms with Crippen LogP contribution >= 0.6 is 0 Å². The molecule has 2 rings (SSSR count). The van der Waals surface area contributed by atoms with E-state index >= 15 is 0 Å². The van der Waals surface area contributed by atoms with Gasteiger partial charge in [-0.2, -0.15) is 0 Å². The van der Waals surface area contributed by atoms with Crippen LogP contribution in [-0.2, 0) is 0 Å². The molecule has 0 fully saturated rings. The van der Waals surface area contributed by atoms with Crippen LogP contribution in [0.2, 0.25) is 0 Å². The molecule has 2 heterocycles. The molecule has 8 heteroatoms. The first-order chi connectivity index (χ1) is 10.2. The third kappa shape index (κ3) is 4.44. The molecule has 1 amide bonds. The largest absolute Gasteiger partial charge is 0.370 e. The molecule has 112 valence electrons. The standard InChI is InChI=1S/C13H18N6O2/c1-3-14-11-8-12(19-9(2)18-11)15-6-7-16-13(20)10-4-5-17-21-10/h4-5,8H,3,6-7H2,1-2H3,(H,16,20)(H2,14,15,18,19). The van der Waals surface area contributed by atoms with E-state index in [0.717, 1.165) is 12.4 Å². The zero-order chi connectivity index (χ0) is 15.1. The van der Waals surface area contributed by atoms with Gasteiger partial charge < -0.3 is 20.5 Å². The van der Waals surface area contributed by atoms with Gasteiger partial charge >= 0.3 is 0 Å². The van der Waals surface area contributed by atoms with E-state index in [1.54, 1.807) is 0 Å². The minimum Gasteiger partial charge on any atom is -0.370 e. The third-order valence-corrected chi connectivity index (χ3v) is 2.57. The van der Waals surface area contributed by atoms with Crippen LogP contribution in [0.3, 0.4) is 0 Å². The summed E-state index contributed by atoms with van der Waals surface area (Å²) in [6.07, 6.45) is 1.43. The molecule has 3 N–H and O–H groups in total. The normalized spacial score (nSPS) is 10.2. The van der Waals surface area contributed by atoms with E-state index in [1.165, 1.54) is 12.3 Å². The van der Waals surface area contributed by atoms with Crippen molar-refractivity contribution < 1.29 is 9.32 Å². The van der Waals surface area contributed by atoms with Crippen LogP contribution in [0.5, 0.6) is 0 Å². The molecule has 0 atom stereocenters. The third-order valence-electron chi connectivity index (χ3n) is 2.57. The Morgan fingerprint density at radius 2 is 2.00 bits per heavy atom. The van der Waals surface area contributed by atoms with Crippen molar-refractivity contribution in [1.29, 1.82) is 0 Å². The lowest BCUT2D eigenvalue weighted by Gasteiger charge is -2.09. The molecule has 0 unspecified atom stereocenters. The van der Waals surface area contributed by atoms with Crippen molar-refractivity contribution in [3.8, 4) is 0 Å². The van der Waals surface area contributed by atoms with Crippen LogP contribution in [0.15, 0.2) is 22.9 Å². The summed E-state index contributed by atoms with van der Waals surface area (Å²) < 4.78 is 4.76. The van der Waals surface area contributed by atoms with Crippen LogP contribution in [0.1, 0.15) is 23.3 Å². The number of nitrogens with one attached hydrogen (secondary N) is 3. The van der Waals surface area contributed by atoms with Crippen LogP contribution in [0.25, 0.3) is 0 Å². The fourth-order valence-electron chi connectivity index (χ4n) is 1.72. The summed E-state index contributed by atoms with van der Waals surface area (Å²) in [6.45, 7) is 5.62. The lowest BCUT2D eigenvalue weighted by atomic mass is 10.4. The topological polar surface area (TPSA) is 105 Å². The van der Waals surface area contributed by atoms with Crippen LogP contribution in [-0.4, -0.2) is 40.7 Å². The monoisotopic (exact) mass is 290 g/mol. The summed E-state index contributed by atoms with van der Waals surface area (Å²) in [6, 6.07) is 3.34. The van der Waals surface area contributed by atoms with E-state index in [0.29, 0.717) is 24.7 Å². The highest BCUT2D eigenvalue weighted by Gasteiger charge is 2.08. The molecule has 0 aliphatic rings. The van der Waals surface area contributed by atoms with Gasteiger partial charge in [0.15, 0.2) is 0 Å². The maximum absolute atomic E-state index is 11.6. The summed E-state index contributed by atoms with van der Waals surface area (Å²) in [5, 5.41) is 12.5. The maximum Gasteiger partial charge on any atom is 0.289 e. The molecule has 0 bridgehead atoms. The summed E-state index contributed by atoms with van der Waals surface area (Å²) in [5.74, 6) is 2.08. The minimum absolute atomic E-state index is 0.197. The van der Waals surface area contributed by atoms with E-state index in [9.17, 15) is 4.79 Å². The zero-order valence-electron chi connectivity index (χ0n) is 12.0. The molecule has 0 aliphatic heterocycles. The van der Waals surface area contributed by atoms with Crippen molar-refractivity contribution in [2.75, 3.05) is 30.3 Å². The predicted molar refractivity (Wildman–Crippen MR) is 78.3 cm³/mol. The van der Waals surface area contributed by atoms with Crippen LogP contribution in [0, 0.1) is 6.92 Å². The van der Waals surface area contributed by atoms with Crippen molar-refractivity contribution >= 4 is 17.5 Å². The zero-order valence-corrected chi connectivity index (χ0v) is 12.0. The van der Waals surface area contributed by atoms with Gasteiger partial charge in [-0.25, -0.2) is 9.97 Å². The van der Waals surface area contributed by atoms with Crippen molar-refractivity contribution in [2.24, 2.45) is 0 Å². The Hall–Kier alpha value is -2.64. The molecule has 2 aromatic heterocycles. The number of rotatable bonds is 7. The number of carbonyl (C=O) groups is 1. The molecule has 0 radical (unpaired) electrons. The van der Waals surface area contributed by atoms with Gasteiger partial charge in [0.1, 0.15) is 17.5 Å². The second-order valence-electron chi connectivity index (χ2n) is 4.28.